The first-order chi connectivity index (χ1) is 8.91. The molecule has 2 rings (SSSR count). The Morgan fingerprint density at radius 2 is 2.16 bits per heavy atom. The minimum atomic E-state index is -4.42. The summed E-state index contributed by atoms with van der Waals surface area (Å²) in [5.41, 5.74) is 0.670. The van der Waals surface area contributed by atoms with E-state index in [1.807, 2.05) is 21.0 Å². The van der Waals surface area contributed by atoms with Gasteiger partial charge in [0.15, 0.2) is 0 Å². The number of alkyl halides is 3. The standard InChI is InChI=1S/C12H13BF3N3/c1-2-10(19-7-9(13)6-18-19)8-3-4-17-11(5-8)12(14,15)16/h3-7,10H,2,13H2,1H3. The minimum absolute atomic E-state index is 0.210. The minimum Gasteiger partial charge on any atom is -0.266 e. The van der Waals surface area contributed by atoms with Crippen molar-refractivity contribution in [3.63, 3.8) is 0 Å². The zero-order chi connectivity index (χ0) is 14.0. The second kappa shape index (κ2) is 5.07. The third-order valence-corrected chi connectivity index (χ3v) is 2.90. The van der Waals surface area contributed by atoms with Crippen molar-refractivity contribution in [3.05, 3.63) is 42.0 Å². The summed E-state index contributed by atoms with van der Waals surface area (Å²) in [5.74, 6) is 0. The van der Waals surface area contributed by atoms with Crippen LogP contribution in [0.3, 0.4) is 0 Å². The summed E-state index contributed by atoms with van der Waals surface area (Å²) in [4.78, 5) is 3.37. The van der Waals surface area contributed by atoms with E-state index in [1.165, 1.54) is 6.20 Å². The van der Waals surface area contributed by atoms with Crippen molar-refractivity contribution in [2.24, 2.45) is 0 Å². The van der Waals surface area contributed by atoms with Crippen LogP contribution < -0.4 is 5.46 Å². The lowest BCUT2D eigenvalue weighted by molar-refractivity contribution is -0.141. The fourth-order valence-corrected chi connectivity index (χ4v) is 1.99. The SMILES string of the molecule is Bc1cnn(C(CC)c2ccnc(C(F)(F)F)c2)c1. The molecule has 0 amide bonds. The Bertz CT molecular complexity index is 565. The van der Waals surface area contributed by atoms with Crippen LogP contribution in [-0.4, -0.2) is 22.6 Å². The monoisotopic (exact) mass is 267 g/mol. The lowest BCUT2D eigenvalue weighted by Gasteiger charge is -2.17. The lowest BCUT2D eigenvalue weighted by atomic mass is 10.0. The van der Waals surface area contributed by atoms with Crippen molar-refractivity contribution < 1.29 is 13.2 Å². The van der Waals surface area contributed by atoms with E-state index in [-0.39, 0.29) is 6.04 Å². The van der Waals surface area contributed by atoms with Crippen molar-refractivity contribution in [1.82, 2.24) is 14.8 Å². The first-order valence-electron chi connectivity index (χ1n) is 5.95. The van der Waals surface area contributed by atoms with Crippen LogP contribution in [0.2, 0.25) is 0 Å². The van der Waals surface area contributed by atoms with Crippen LogP contribution in [0, 0.1) is 0 Å². The second-order valence-corrected chi connectivity index (χ2v) is 4.39. The molecule has 0 saturated carbocycles. The lowest BCUT2D eigenvalue weighted by Crippen LogP contribution is -2.14. The Balaban J connectivity index is 2.39. The highest BCUT2D eigenvalue weighted by atomic mass is 19.4. The van der Waals surface area contributed by atoms with Gasteiger partial charge in [0.05, 0.1) is 6.04 Å². The third kappa shape index (κ3) is 2.97. The van der Waals surface area contributed by atoms with Crippen LogP contribution in [-0.2, 0) is 6.18 Å². The molecule has 1 atom stereocenters. The fourth-order valence-electron chi connectivity index (χ4n) is 1.99. The highest BCUT2D eigenvalue weighted by molar-refractivity contribution is 6.31. The predicted octanol–water partition coefficient (Wildman–Crippen LogP) is 1.55. The van der Waals surface area contributed by atoms with Crippen molar-refractivity contribution in [2.45, 2.75) is 25.6 Å². The zero-order valence-electron chi connectivity index (χ0n) is 10.6. The van der Waals surface area contributed by atoms with Gasteiger partial charge in [0.2, 0.25) is 0 Å². The number of rotatable bonds is 3. The maximum absolute atomic E-state index is 12.7. The highest BCUT2D eigenvalue weighted by Gasteiger charge is 2.33. The number of halogens is 3. The largest absolute Gasteiger partial charge is 0.433 e. The molecule has 2 aromatic heterocycles. The Morgan fingerprint density at radius 1 is 1.42 bits per heavy atom. The van der Waals surface area contributed by atoms with Gasteiger partial charge in [0.1, 0.15) is 13.5 Å². The van der Waals surface area contributed by atoms with Crippen molar-refractivity contribution in [2.75, 3.05) is 0 Å². The maximum atomic E-state index is 12.7. The Morgan fingerprint density at radius 3 is 2.68 bits per heavy atom. The van der Waals surface area contributed by atoms with Gasteiger partial charge in [-0.1, -0.05) is 12.4 Å². The summed E-state index contributed by atoms with van der Waals surface area (Å²) in [6, 6.07) is 2.48. The molecule has 3 nitrogen and oxygen atoms in total. The molecule has 0 spiro atoms. The summed E-state index contributed by atoms with van der Waals surface area (Å²) in [6.45, 7) is 1.91. The first kappa shape index (κ1) is 13.6. The van der Waals surface area contributed by atoms with Crippen LogP contribution in [0.15, 0.2) is 30.7 Å². The van der Waals surface area contributed by atoms with Gasteiger partial charge in [-0.2, -0.15) is 18.3 Å². The predicted molar refractivity (Wildman–Crippen MR) is 68.1 cm³/mol. The molecular weight excluding hydrogens is 254 g/mol. The van der Waals surface area contributed by atoms with E-state index in [0.717, 1.165) is 11.5 Å². The summed E-state index contributed by atoms with van der Waals surface area (Å²) in [6.07, 6.45) is 0.935. The molecular formula is C12H13BF3N3. The molecule has 100 valence electrons. The van der Waals surface area contributed by atoms with Crippen molar-refractivity contribution in [3.8, 4) is 0 Å². The first-order valence-corrected chi connectivity index (χ1v) is 5.95. The number of hydrogen-bond donors (Lipinski definition) is 0. The van der Waals surface area contributed by atoms with Gasteiger partial charge in [-0.05, 0) is 24.1 Å². The summed E-state index contributed by atoms with van der Waals surface area (Å²) in [5, 5.41) is 4.17. The molecule has 0 radical (unpaired) electrons. The van der Waals surface area contributed by atoms with Crippen LogP contribution in [0.25, 0.3) is 0 Å². The third-order valence-electron chi connectivity index (χ3n) is 2.90. The van der Waals surface area contributed by atoms with Gasteiger partial charge < -0.3 is 0 Å². The van der Waals surface area contributed by atoms with Gasteiger partial charge in [0.25, 0.3) is 0 Å². The van der Waals surface area contributed by atoms with Crippen LogP contribution in [0.4, 0.5) is 13.2 Å². The van der Waals surface area contributed by atoms with E-state index in [0.29, 0.717) is 12.0 Å². The van der Waals surface area contributed by atoms with Gasteiger partial charge in [-0.15, -0.1) is 0 Å². The maximum Gasteiger partial charge on any atom is 0.433 e. The average Bonchev–Trinajstić information content (AvgIpc) is 2.76. The van der Waals surface area contributed by atoms with Crippen molar-refractivity contribution >= 4 is 13.3 Å². The molecule has 0 aliphatic carbocycles. The summed E-state index contributed by atoms with van der Waals surface area (Å²) >= 11 is 0. The van der Waals surface area contributed by atoms with Gasteiger partial charge in [0, 0.05) is 18.6 Å². The Labute approximate surface area is 109 Å². The molecule has 0 saturated heterocycles. The summed E-state index contributed by atoms with van der Waals surface area (Å²) < 4.78 is 39.7. The fraction of sp³-hybridized carbons (Fsp3) is 0.333. The highest BCUT2D eigenvalue weighted by Crippen LogP contribution is 2.30. The van der Waals surface area contributed by atoms with Gasteiger partial charge in [-0.3, -0.25) is 9.67 Å². The quantitative estimate of drug-likeness (QED) is 0.790. The molecule has 0 bridgehead atoms. The van der Waals surface area contributed by atoms with E-state index in [1.54, 1.807) is 16.9 Å². The normalized spacial score (nSPS) is 13.5. The smallest absolute Gasteiger partial charge is 0.266 e. The Hall–Kier alpha value is -1.79. The topological polar surface area (TPSA) is 30.7 Å². The molecule has 0 N–H and O–H groups in total. The molecule has 19 heavy (non-hydrogen) atoms. The van der Waals surface area contributed by atoms with Crippen LogP contribution in [0.1, 0.15) is 30.6 Å². The van der Waals surface area contributed by atoms with E-state index < -0.39 is 11.9 Å². The summed E-state index contributed by atoms with van der Waals surface area (Å²) in [7, 11) is 1.89. The molecule has 1 unspecified atom stereocenters. The number of pyridine rings is 1. The van der Waals surface area contributed by atoms with E-state index in [4.69, 9.17) is 0 Å². The zero-order valence-corrected chi connectivity index (χ0v) is 10.6. The molecule has 2 aromatic rings. The van der Waals surface area contributed by atoms with Gasteiger partial charge >= 0.3 is 6.18 Å². The molecule has 0 aromatic carbocycles. The van der Waals surface area contributed by atoms with Crippen LogP contribution in [0.5, 0.6) is 0 Å². The average molecular weight is 267 g/mol. The number of aromatic nitrogens is 3. The van der Waals surface area contributed by atoms with E-state index in [9.17, 15) is 13.2 Å². The van der Waals surface area contributed by atoms with Crippen LogP contribution >= 0.6 is 0 Å². The number of nitrogens with zero attached hydrogens (tertiary/aromatic N) is 3. The van der Waals surface area contributed by atoms with E-state index in [2.05, 4.69) is 10.1 Å². The Kier molecular flexibility index (Phi) is 3.64. The second-order valence-electron chi connectivity index (χ2n) is 4.39. The molecule has 2 heterocycles. The van der Waals surface area contributed by atoms with Gasteiger partial charge in [-0.25, -0.2) is 0 Å². The number of hydrogen-bond acceptors (Lipinski definition) is 2. The molecule has 0 fully saturated rings. The molecule has 0 aliphatic rings. The van der Waals surface area contributed by atoms with E-state index >= 15 is 0 Å². The molecule has 7 heteroatoms. The van der Waals surface area contributed by atoms with Crippen molar-refractivity contribution in [1.29, 1.82) is 0 Å². The molecule has 0 aliphatic heterocycles.